The van der Waals surface area contributed by atoms with Crippen LogP contribution in [-0.4, -0.2) is 35.6 Å². The zero-order valence-electron chi connectivity index (χ0n) is 17.4. The van der Waals surface area contributed by atoms with E-state index in [4.69, 9.17) is 16.3 Å². The number of ether oxygens (including phenoxy) is 1. The van der Waals surface area contributed by atoms with Crippen molar-refractivity contribution in [3.05, 3.63) is 93.8 Å². The van der Waals surface area contributed by atoms with E-state index in [1.807, 2.05) is 48.5 Å². The van der Waals surface area contributed by atoms with Crippen molar-refractivity contribution in [3.8, 4) is 11.1 Å². The summed E-state index contributed by atoms with van der Waals surface area (Å²) in [7, 11) is 0. The highest BCUT2D eigenvalue weighted by molar-refractivity contribution is 6.31. The number of amides is 1. The molecule has 0 fully saturated rings. The number of alkyl carbamates (subject to hydrolysis) is 1. The van der Waals surface area contributed by atoms with Crippen LogP contribution in [0.1, 0.15) is 34.3 Å². The first-order chi connectivity index (χ1) is 15.4. The number of carbonyl (C=O) groups excluding carboxylic acids is 1. The molecular weight excluding hydrogens is 433 g/mol. The zero-order valence-corrected chi connectivity index (χ0v) is 18.1. The van der Waals surface area contributed by atoms with Crippen LogP contribution in [0.4, 0.5) is 9.18 Å². The summed E-state index contributed by atoms with van der Waals surface area (Å²) in [6, 6.07) is 18.4. The van der Waals surface area contributed by atoms with Crippen LogP contribution in [0.15, 0.2) is 60.7 Å². The molecule has 3 aromatic rings. The second-order valence-corrected chi connectivity index (χ2v) is 8.25. The number of rotatable bonds is 6. The van der Waals surface area contributed by atoms with Crippen molar-refractivity contribution in [2.24, 2.45) is 0 Å². The van der Waals surface area contributed by atoms with Crippen LogP contribution in [0.3, 0.4) is 0 Å². The van der Waals surface area contributed by atoms with Crippen LogP contribution in [0.2, 0.25) is 5.02 Å². The fraction of sp³-hybridized carbons (Fsp3) is 0.240. The maximum Gasteiger partial charge on any atom is 0.407 e. The van der Waals surface area contributed by atoms with E-state index in [2.05, 4.69) is 5.32 Å². The third-order valence-electron chi connectivity index (χ3n) is 5.76. The average molecular weight is 456 g/mol. The Bertz CT molecular complexity index is 1110. The van der Waals surface area contributed by atoms with Crippen LogP contribution >= 0.6 is 11.6 Å². The van der Waals surface area contributed by atoms with Gasteiger partial charge in [-0.25, -0.2) is 9.18 Å². The fourth-order valence-electron chi connectivity index (χ4n) is 4.06. The highest BCUT2D eigenvalue weighted by Crippen LogP contribution is 2.44. The van der Waals surface area contributed by atoms with E-state index >= 15 is 0 Å². The minimum atomic E-state index is -1.53. The summed E-state index contributed by atoms with van der Waals surface area (Å²) in [5.41, 5.74) is 4.90. The summed E-state index contributed by atoms with van der Waals surface area (Å²) >= 11 is 5.87. The number of benzene rings is 3. The van der Waals surface area contributed by atoms with E-state index in [0.29, 0.717) is 5.56 Å². The van der Waals surface area contributed by atoms with E-state index < -0.39 is 24.1 Å². The van der Waals surface area contributed by atoms with Gasteiger partial charge in [-0.15, -0.1) is 0 Å². The largest absolute Gasteiger partial charge is 0.449 e. The van der Waals surface area contributed by atoms with Gasteiger partial charge in [0.25, 0.3) is 0 Å². The van der Waals surface area contributed by atoms with Crippen molar-refractivity contribution < 1.29 is 24.1 Å². The Labute approximate surface area is 190 Å². The smallest absolute Gasteiger partial charge is 0.407 e. The quantitative estimate of drug-likeness (QED) is 0.502. The maximum atomic E-state index is 14.1. The Kier molecular flexibility index (Phi) is 6.46. The number of aliphatic hydroxyl groups excluding tert-OH is 2. The second kappa shape index (κ2) is 9.28. The molecule has 0 aliphatic heterocycles. The Balaban J connectivity index is 1.35. The van der Waals surface area contributed by atoms with E-state index in [-0.39, 0.29) is 29.7 Å². The molecule has 4 rings (SSSR count). The van der Waals surface area contributed by atoms with Crippen molar-refractivity contribution in [1.29, 1.82) is 0 Å². The van der Waals surface area contributed by atoms with Gasteiger partial charge in [0.2, 0.25) is 0 Å². The van der Waals surface area contributed by atoms with Crippen molar-refractivity contribution in [1.82, 2.24) is 5.32 Å². The first-order valence-electron chi connectivity index (χ1n) is 10.3. The monoisotopic (exact) mass is 455 g/mol. The number of aryl methyl sites for hydroxylation is 1. The van der Waals surface area contributed by atoms with Crippen molar-refractivity contribution >= 4 is 17.7 Å². The van der Waals surface area contributed by atoms with Crippen molar-refractivity contribution in [2.45, 2.75) is 25.0 Å². The molecule has 0 saturated heterocycles. The number of nitrogens with one attached hydrogen (secondary N) is 1. The van der Waals surface area contributed by atoms with Crippen LogP contribution in [0.25, 0.3) is 11.1 Å². The predicted molar refractivity (Wildman–Crippen MR) is 120 cm³/mol. The lowest BCUT2D eigenvalue weighted by Crippen LogP contribution is -2.36. The van der Waals surface area contributed by atoms with Crippen molar-refractivity contribution in [2.75, 3.05) is 13.2 Å². The molecule has 2 unspecified atom stereocenters. The molecule has 32 heavy (non-hydrogen) atoms. The minimum absolute atomic E-state index is 0.0881. The van der Waals surface area contributed by atoms with Crippen LogP contribution in [-0.2, 0) is 4.74 Å². The van der Waals surface area contributed by atoms with Gasteiger partial charge >= 0.3 is 6.09 Å². The lowest BCUT2D eigenvalue weighted by atomic mass is 9.98. The highest BCUT2D eigenvalue weighted by atomic mass is 35.5. The summed E-state index contributed by atoms with van der Waals surface area (Å²) in [4.78, 5) is 12.2. The molecule has 0 saturated carbocycles. The van der Waals surface area contributed by atoms with Gasteiger partial charge in [0.15, 0.2) is 0 Å². The fourth-order valence-corrected chi connectivity index (χ4v) is 4.21. The number of halogens is 2. The number of hydrogen-bond donors (Lipinski definition) is 3. The van der Waals surface area contributed by atoms with Crippen LogP contribution < -0.4 is 5.32 Å². The first kappa shape index (κ1) is 22.3. The molecule has 0 spiro atoms. The van der Waals surface area contributed by atoms with Crippen LogP contribution in [0, 0.1) is 12.7 Å². The topological polar surface area (TPSA) is 78.8 Å². The van der Waals surface area contributed by atoms with Gasteiger partial charge in [-0.05, 0) is 46.9 Å². The number of hydrogen-bond acceptors (Lipinski definition) is 4. The Morgan fingerprint density at radius 3 is 2.31 bits per heavy atom. The molecule has 0 heterocycles. The summed E-state index contributed by atoms with van der Waals surface area (Å²) in [5, 5.41) is 23.2. The SMILES string of the molecule is Cc1cc(C(O)C(O)CNC(=O)OCC2c3ccccc3-c3ccccc32)c(F)cc1Cl. The van der Waals surface area contributed by atoms with Crippen molar-refractivity contribution in [3.63, 3.8) is 0 Å². The number of fused-ring (bicyclic) bond motifs is 3. The van der Waals surface area contributed by atoms with Gasteiger partial charge in [0, 0.05) is 23.0 Å². The zero-order chi connectivity index (χ0) is 22.8. The summed E-state index contributed by atoms with van der Waals surface area (Å²) in [6.45, 7) is 1.49. The molecule has 0 radical (unpaired) electrons. The molecule has 0 bridgehead atoms. The molecule has 3 N–H and O–H groups in total. The Hall–Kier alpha value is -2.93. The average Bonchev–Trinajstić information content (AvgIpc) is 3.11. The Morgan fingerprint density at radius 1 is 1.09 bits per heavy atom. The molecule has 2 atom stereocenters. The van der Waals surface area contributed by atoms with Crippen LogP contribution in [0.5, 0.6) is 0 Å². The molecule has 1 amide bonds. The molecule has 3 aromatic carbocycles. The lowest BCUT2D eigenvalue weighted by molar-refractivity contribution is 0.0165. The summed E-state index contributed by atoms with van der Waals surface area (Å²) in [6.07, 6.45) is -3.68. The molecule has 5 nitrogen and oxygen atoms in total. The summed E-state index contributed by atoms with van der Waals surface area (Å²) < 4.78 is 19.5. The number of aliphatic hydroxyl groups is 2. The van der Waals surface area contributed by atoms with E-state index in [9.17, 15) is 19.4 Å². The molecule has 166 valence electrons. The standard InChI is InChI=1S/C25H23ClFNO4/c1-14-10-19(22(27)11-21(14)26)24(30)23(29)12-28-25(31)32-13-20-17-8-4-2-6-15(17)16-7-3-5-9-18(16)20/h2-11,20,23-24,29-30H,12-13H2,1H3,(H,28,31). The molecule has 1 aliphatic rings. The lowest BCUT2D eigenvalue weighted by Gasteiger charge is -2.20. The minimum Gasteiger partial charge on any atom is -0.449 e. The van der Waals surface area contributed by atoms with E-state index in [1.165, 1.54) is 6.07 Å². The molecular formula is C25H23ClFNO4. The van der Waals surface area contributed by atoms with Gasteiger partial charge in [-0.2, -0.15) is 0 Å². The normalized spacial score (nSPS) is 14.4. The summed E-state index contributed by atoms with van der Waals surface area (Å²) in [5.74, 6) is -0.817. The first-order valence-corrected chi connectivity index (χ1v) is 10.6. The third-order valence-corrected chi connectivity index (χ3v) is 6.17. The second-order valence-electron chi connectivity index (χ2n) is 7.84. The number of carbonyl (C=O) groups is 1. The highest BCUT2D eigenvalue weighted by Gasteiger charge is 2.29. The van der Waals surface area contributed by atoms with E-state index in [0.717, 1.165) is 28.3 Å². The maximum absolute atomic E-state index is 14.1. The molecule has 7 heteroatoms. The van der Waals surface area contributed by atoms with Gasteiger partial charge in [-0.3, -0.25) is 0 Å². The third kappa shape index (κ3) is 4.35. The van der Waals surface area contributed by atoms with Gasteiger partial charge in [-0.1, -0.05) is 60.1 Å². The van der Waals surface area contributed by atoms with Gasteiger partial charge in [0.1, 0.15) is 24.6 Å². The van der Waals surface area contributed by atoms with Gasteiger partial charge < -0.3 is 20.3 Å². The predicted octanol–water partition coefficient (Wildman–Crippen LogP) is 4.72. The molecule has 0 aromatic heterocycles. The van der Waals surface area contributed by atoms with Gasteiger partial charge in [0.05, 0.1) is 0 Å². The molecule has 1 aliphatic carbocycles. The van der Waals surface area contributed by atoms with E-state index in [1.54, 1.807) is 6.92 Å². The Morgan fingerprint density at radius 2 is 1.69 bits per heavy atom.